The fraction of sp³-hybridized carbons (Fsp3) is 0.350. The van der Waals surface area contributed by atoms with Gasteiger partial charge in [0.15, 0.2) is 0 Å². The van der Waals surface area contributed by atoms with Crippen molar-refractivity contribution in [1.29, 1.82) is 0 Å². The first-order valence-corrected chi connectivity index (χ1v) is 12.7. The third-order valence-electron chi connectivity index (χ3n) is 4.14. The van der Waals surface area contributed by atoms with E-state index >= 15 is 0 Å². The number of amides is 2. The summed E-state index contributed by atoms with van der Waals surface area (Å²) in [5.41, 5.74) is 3.06. The van der Waals surface area contributed by atoms with Crippen molar-refractivity contribution >= 4 is 56.9 Å². The van der Waals surface area contributed by atoms with E-state index in [1.54, 1.807) is 6.07 Å². The van der Waals surface area contributed by atoms with E-state index in [1.165, 1.54) is 11.6 Å². The van der Waals surface area contributed by atoms with Crippen LogP contribution in [-0.4, -0.2) is 20.7 Å². The predicted octanol–water partition coefficient (Wildman–Crippen LogP) is 5.31. The highest BCUT2D eigenvalue weighted by atomic mass is 35.5. The number of anilines is 1. The summed E-state index contributed by atoms with van der Waals surface area (Å²) in [7, 11) is -3.47. The Balaban J connectivity index is 1.88. The van der Waals surface area contributed by atoms with E-state index in [-0.39, 0.29) is 27.9 Å². The average Bonchev–Trinajstić information content (AvgIpc) is 2.64. The van der Waals surface area contributed by atoms with Crippen LogP contribution in [0.4, 0.5) is 10.5 Å². The molecule has 3 N–H and O–H groups in total. The SMILES string of the molecule is CC(C)(C)c1ccc(CNC(=O)NSCc2c(Cl)ccc(NS(C)(=O)=O)c2Cl)cc1. The van der Waals surface area contributed by atoms with Crippen LogP contribution in [0.15, 0.2) is 36.4 Å². The van der Waals surface area contributed by atoms with Crippen LogP contribution in [-0.2, 0) is 27.7 Å². The van der Waals surface area contributed by atoms with Gasteiger partial charge in [0, 0.05) is 22.9 Å². The van der Waals surface area contributed by atoms with Gasteiger partial charge >= 0.3 is 6.03 Å². The lowest BCUT2D eigenvalue weighted by Crippen LogP contribution is -2.30. The van der Waals surface area contributed by atoms with E-state index in [4.69, 9.17) is 23.2 Å². The van der Waals surface area contributed by atoms with Crippen LogP contribution in [0.25, 0.3) is 0 Å². The molecule has 0 aliphatic rings. The molecule has 30 heavy (non-hydrogen) atoms. The number of rotatable bonds is 7. The van der Waals surface area contributed by atoms with Gasteiger partial charge in [0.2, 0.25) is 10.0 Å². The predicted molar refractivity (Wildman–Crippen MR) is 127 cm³/mol. The van der Waals surface area contributed by atoms with Gasteiger partial charge in [-0.15, -0.1) is 0 Å². The van der Waals surface area contributed by atoms with Crippen molar-refractivity contribution in [2.24, 2.45) is 0 Å². The van der Waals surface area contributed by atoms with Crippen LogP contribution in [0, 0.1) is 0 Å². The second kappa shape index (κ2) is 10.1. The smallest absolute Gasteiger partial charge is 0.325 e. The van der Waals surface area contributed by atoms with Crippen molar-refractivity contribution in [1.82, 2.24) is 10.0 Å². The molecule has 0 heterocycles. The molecule has 0 saturated carbocycles. The minimum absolute atomic E-state index is 0.0800. The molecule has 2 rings (SSSR count). The van der Waals surface area contributed by atoms with Gasteiger partial charge in [-0.05, 0) is 40.6 Å². The van der Waals surface area contributed by atoms with E-state index in [0.717, 1.165) is 23.8 Å². The molecule has 10 heteroatoms. The van der Waals surface area contributed by atoms with Gasteiger partial charge in [-0.1, -0.05) is 68.2 Å². The summed E-state index contributed by atoms with van der Waals surface area (Å²) in [5, 5.41) is 3.36. The molecule has 2 aromatic rings. The van der Waals surface area contributed by atoms with Gasteiger partial charge in [0.25, 0.3) is 0 Å². The first-order valence-electron chi connectivity index (χ1n) is 9.06. The monoisotopic (exact) mass is 489 g/mol. The fourth-order valence-electron chi connectivity index (χ4n) is 2.52. The van der Waals surface area contributed by atoms with Crippen LogP contribution in [0.1, 0.15) is 37.5 Å². The Morgan fingerprint density at radius 1 is 1.07 bits per heavy atom. The van der Waals surface area contributed by atoms with Crippen molar-refractivity contribution in [3.8, 4) is 0 Å². The molecule has 0 aliphatic heterocycles. The van der Waals surface area contributed by atoms with Gasteiger partial charge in [0.05, 0.1) is 17.0 Å². The lowest BCUT2D eigenvalue weighted by atomic mass is 9.87. The molecule has 0 aromatic heterocycles. The molecule has 0 atom stereocenters. The van der Waals surface area contributed by atoms with Crippen LogP contribution < -0.4 is 14.8 Å². The van der Waals surface area contributed by atoms with Gasteiger partial charge in [-0.25, -0.2) is 13.2 Å². The van der Waals surface area contributed by atoms with E-state index in [9.17, 15) is 13.2 Å². The maximum absolute atomic E-state index is 12.1. The number of nitrogens with one attached hydrogen (secondary N) is 3. The highest BCUT2D eigenvalue weighted by Crippen LogP contribution is 2.34. The van der Waals surface area contributed by atoms with E-state index in [2.05, 4.69) is 47.7 Å². The zero-order chi connectivity index (χ0) is 22.5. The Hall–Kier alpha value is -1.61. The third-order valence-corrected chi connectivity index (χ3v) is 6.28. The van der Waals surface area contributed by atoms with Gasteiger partial charge in [-0.3, -0.25) is 9.44 Å². The summed E-state index contributed by atoms with van der Waals surface area (Å²) < 4.78 is 27.9. The zero-order valence-corrected chi connectivity index (χ0v) is 20.3. The average molecular weight is 490 g/mol. The minimum atomic E-state index is -3.47. The number of urea groups is 1. The molecule has 6 nitrogen and oxygen atoms in total. The molecule has 0 radical (unpaired) electrons. The zero-order valence-electron chi connectivity index (χ0n) is 17.2. The van der Waals surface area contributed by atoms with Crippen molar-refractivity contribution in [3.63, 3.8) is 0 Å². The molecule has 0 saturated heterocycles. The summed E-state index contributed by atoms with van der Waals surface area (Å²) in [6.45, 7) is 6.84. The van der Waals surface area contributed by atoms with E-state index in [0.29, 0.717) is 17.1 Å². The first-order chi connectivity index (χ1) is 13.9. The Morgan fingerprint density at radius 3 is 2.27 bits per heavy atom. The molecule has 0 unspecified atom stereocenters. The largest absolute Gasteiger partial charge is 0.333 e. The standard InChI is InChI=1S/C20H25Cl2N3O3S2/c1-20(2,3)14-7-5-13(6-8-14)11-23-19(26)24-29-12-15-16(21)9-10-17(18(15)22)25-30(4,27)28/h5-10,25H,11-12H2,1-4H3,(H2,23,24,26). The fourth-order valence-corrected chi connectivity index (χ4v) is 4.58. The first kappa shape index (κ1) is 24.7. The van der Waals surface area contributed by atoms with Crippen LogP contribution >= 0.6 is 35.1 Å². The molecule has 0 spiro atoms. The Bertz CT molecular complexity index is 1010. The number of carbonyl (C=O) groups is 1. The summed E-state index contributed by atoms with van der Waals surface area (Å²) in [6.07, 6.45) is 1.04. The summed E-state index contributed by atoms with van der Waals surface area (Å²) >= 11 is 13.5. The summed E-state index contributed by atoms with van der Waals surface area (Å²) in [5.74, 6) is 0.269. The Labute approximate surface area is 192 Å². The second-order valence-electron chi connectivity index (χ2n) is 7.78. The van der Waals surface area contributed by atoms with Gasteiger partial charge in [0.1, 0.15) is 0 Å². The van der Waals surface area contributed by atoms with Gasteiger partial charge in [-0.2, -0.15) is 0 Å². The normalized spacial score (nSPS) is 11.8. The molecule has 0 fully saturated rings. The molecular weight excluding hydrogens is 465 g/mol. The number of benzene rings is 2. The maximum Gasteiger partial charge on any atom is 0.325 e. The van der Waals surface area contributed by atoms with Crippen LogP contribution in [0.3, 0.4) is 0 Å². The second-order valence-corrected chi connectivity index (χ2v) is 11.1. The molecular formula is C20H25Cl2N3O3S2. The van der Waals surface area contributed by atoms with Crippen molar-refractivity contribution in [3.05, 3.63) is 63.1 Å². The number of hydrogen-bond donors (Lipinski definition) is 3. The third kappa shape index (κ3) is 7.58. The molecule has 0 bridgehead atoms. The minimum Gasteiger partial charge on any atom is -0.333 e. The summed E-state index contributed by atoms with van der Waals surface area (Å²) in [6, 6.07) is 10.8. The lowest BCUT2D eigenvalue weighted by Gasteiger charge is -2.19. The van der Waals surface area contributed by atoms with Crippen molar-refractivity contribution in [2.45, 2.75) is 38.5 Å². The molecule has 2 aromatic carbocycles. The molecule has 164 valence electrons. The number of hydrogen-bond acceptors (Lipinski definition) is 4. The quantitative estimate of drug-likeness (QED) is 0.459. The lowest BCUT2D eigenvalue weighted by molar-refractivity contribution is 0.246. The van der Waals surface area contributed by atoms with Crippen molar-refractivity contribution in [2.75, 3.05) is 11.0 Å². The molecule has 0 aliphatic carbocycles. The highest BCUT2D eigenvalue weighted by Gasteiger charge is 2.15. The van der Waals surface area contributed by atoms with Crippen LogP contribution in [0.2, 0.25) is 10.0 Å². The molecule has 2 amide bonds. The highest BCUT2D eigenvalue weighted by molar-refractivity contribution is 7.97. The van der Waals surface area contributed by atoms with Gasteiger partial charge < -0.3 is 5.32 Å². The topological polar surface area (TPSA) is 87.3 Å². The van der Waals surface area contributed by atoms with E-state index < -0.39 is 10.0 Å². The summed E-state index contributed by atoms with van der Waals surface area (Å²) in [4.78, 5) is 12.1. The van der Waals surface area contributed by atoms with Crippen molar-refractivity contribution < 1.29 is 13.2 Å². The Kier molecular flexibility index (Phi) is 8.33. The number of carbonyl (C=O) groups excluding carboxylic acids is 1. The Morgan fingerprint density at radius 2 is 1.70 bits per heavy atom. The van der Waals surface area contributed by atoms with E-state index in [1.807, 2.05) is 12.1 Å². The number of sulfonamides is 1. The van der Waals surface area contributed by atoms with Crippen LogP contribution in [0.5, 0.6) is 0 Å². The number of halogens is 2. The maximum atomic E-state index is 12.1.